The van der Waals surface area contributed by atoms with Crippen molar-refractivity contribution in [1.82, 2.24) is 0 Å². The Hall–Kier alpha value is -1.46. The second-order valence-electron chi connectivity index (χ2n) is 4.26. The van der Waals surface area contributed by atoms with Crippen molar-refractivity contribution in [3.8, 4) is 5.75 Å². The van der Waals surface area contributed by atoms with E-state index in [-0.39, 0.29) is 24.9 Å². The number of carbonyl (C=O) groups is 1. The Morgan fingerprint density at radius 1 is 1.35 bits per heavy atom. The molecular formula is C14H23ClN2O3. The van der Waals surface area contributed by atoms with E-state index in [4.69, 9.17) is 15.2 Å². The van der Waals surface area contributed by atoms with Gasteiger partial charge in [0.25, 0.3) is 0 Å². The van der Waals surface area contributed by atoms with Crippen LogP contribution in [0, 0.1) is 0 Å². The highest BCUT2D eigenvalue weighted by molar-refractivity contribution is 5.94. The molecule has 0 aliphatic heterocycles. The van der Waals surface area contributed by atoms with E-state index in [1.165, 1.54) is 0 Å². The number of amides is 1. The fourth-order valence-electron chi connectivity index (χ4n) is 1.58. The minimum atomic E-state index is -0.212. The first-order valence-corrected chi connectivity index (χ1v) is 6.48. The number of halogens is 1. The maximum Gasteiger partial charge on any atom is 0.250 e. The lowest BCUT2D eigenvalue weighted by atomic mass is 10.2. The first-order valence-electron chi connectivity index (χ1n) is 6.48. The fraction of sp³-hybridized carbons (Fsp3) is 0.500. The summed E-state index contributed by atoms with van der Waals surface area (Å²) in [6.45, 7) is 2.77. The molecule has 6 heteroatoms. The summed E-state index contributed by atoms with van der Waals surface area (Å²) in [6.07, 6.45) is 3.23. The predicted molar refractivity (Wildman–Crippen MR) is 83.6 cm³/mol. The summed E-state index contributed by atoms with van der Waals surface area (Å²) < 4.78 is 10.4. The molecule has 0 atom stereocenters. The number of carbonyl (C=O) groups excluding carboxylic acids is 1. The maximum absolute atomic E-state index is 11.7. The topological polar surface area (TPSA) is 73.6 Å². The molecule has 0 aromatic heterocycles. The molecule has 0 bridgehead atoms. The molecule has 0 saturated carbocycles. The summed E-state index contributed by atoms with van der Waals surface area (Å²) in [6, 6.07) is 5.12. The van der Waals surface area contributed by atoms with Crippen LogP contribution in [0.4, 0.5) is 11.4 Å². The van der Waals surface area contributed by atoms with Crippen molar-refractivity contribution < 1.29 is 14.3 Å². The van der Waals surface area contributed by atoms with Crippen molar-refractivity contribution in [2.24, 2.45) is 0 Å². The van der Waals surface area contributed by atoms with E-state index in [0.29, 0.717) is 23.7 Å². The van der Waals surface area contributed by atoms with E-state index < -0.39 is 0 Å². The van der Waals surface area contributed by atoms with Gasteiger partial charge in [-0.3, -0.25) is 4.79 Å². The molecule has 0 heterocycles. The second-order valence-corrected chi connectivity index (χ2v) is 4.26. The van der Waals surface area contributed by atoms with Crippen molar-refractivity contribution in [2.45, 2.75) is 26.2 Å². The summed E-state index contributed by atoms with van der Waals surface area (Å²) in [4.78, 5) is 11.7. The first kappa shape index (κ1) is 18.5. The third-order valence-electron chi connectivity index (χ3n) is 2.66. The Morgan fingerprint density at radius 2 is 2.10 bits per heavy atom. The van der Waals surface area contributed by atoms with Crippen molar-refractivity contribution >= 4 is 29.7 Å². The number of hydrogen-bond acceptors (Lipinski definition) is 4. The van der Waals surface area contributed by atoms with Crippen LogP contribution in [0.1, 0.15) is 26.2 Å². The molecule has 114 valence electrons. The average molecular weight is 303 g/mol. The van der Waals surface area contributed by atoms with Gasteiger partial charge in [0, 0.05) is 12.7 Å². The highest BCUT2D eigenvalue weighted by Crippen LogP contribution is 2.24. The van der Waals surface area contributed by atoms with Crippen LogP contribution in [-0.4, -0.2) is 26.2 Å². The molecule has 0 unspecified atom stereocenters. The van der Waals surface area contributed by atoms with Gasteiger partial charge in [0.15, 0.2) is 0 Å². The van der Waals surface area contributed by atoms with Gasteiger partial charge >= 0.3 is 0 Å². The van der Waals surface area contributed by atoms with Crippen LogP contribution < -0.4 is 15.8 Å². The molecule has 1 rings (SSSR count). The van der Waals surface area contributed by atoms with Gasteiger partial charge in [-0.2, -0.15) is 0 Å². The molecule has 1 aromatic carbocycles. The Bertz CT molecular complexity index is 413. The van der Waals surface area contributed by atoms with Crippen molar-refractivity contribution in [1.29, 1.82) is 0 Å². The highest BCUT2D eigenvalue weighted by Gasteiger charge is 2.06. The number of nitrogens with two attached hydrogens (primary N) is 1. The third-order valence-corrected chi connectivity index (χ3v) is 2.66. The summed E-state index contributed by atoms with van der Waals surface area (Å²) in [5.74, 6) is 0.435. The number of benzene rings is 1. The zero-order chi connectivity index (χ0) is 14.1. The molecule has 20 heavy (non-hydrogen) atoms. The summed E-state index contributed by atoms with van der Waals surface area (Å²) in [5, 5.41) is 2.71. The zero-order valence-corrected chi connectivity index (χ0v) is 12.8. The number of ether oxygens (including phenoxy) is 2. The van der Waals surface area contributed by atoms with Gasteiger partial charge in [-0.05, 0) is 18.6 Å². The Balaban J connectivity index is 0.00000361. The number of hydrogen-bond donors (Lipinski definition) is 2. The number of methoxy groups -OCH3 is 1. The molecule has 0 spiro atoms. The molecule has 0 aliphatic carbocycles. The minimum absolute atomic E-state index is 0. The Morgan fingerprint density at radius 3 is 2.75 bits per heavy atom. The van der Waals surface area contributed by atoms with Crippen molar-refractivity contribution in [2.75, 3.05) is 31.4 Å². The standard InChI is InChI=1S/C14H22N2O3.ClH/c1-3-4-5-8-19-10-14(17)16-13-9-11(18-2)6-7-12(13)15;/h6-7,9H,3-5,8,10,15H2,1-2H3,(H,16,17);1H. The van der Waals surface area contributed by atoms with Crippen LogP contribution in [0.15, 0.2) is 18.2 Å². The highest BCUT2D eigenvalue weighted by atomic mass is 35.5. The molecule has 1 amide bonds. The predicted octanol–water partition coefficient (Wildman–Crippen LogP) is 2.84. The van der Waals surface area contributed by atoms with Crippen molar-refractivity contribution in [3.63, 3.8) is 0 Å². The largest absolute Gasteiger partial charge is 0.497 e. The van der Waals surface area contributed by atoms with Crippen LogP contribution >= 0.6 is 12.4 Å². The zero-order valence-electron chi connectivity index (χ0n) is 12.0. The molecule has 0 aliphatic rings. The van der Waals surface area contributed by atoms with E-state index in [0.717, 1.165) is 19.3 Å². The molecule has 3 N–H and O–H groups in total. The quantitative estimate of drug-likeness (QED) is 0.572. The van der Waals surface area contributed by atoms with Crippen molar-refractivity contribution in [3.05, 3.63) is 18.2 Å². The van der Waals surface area contributed by atoms with Gasteiger partial charge in [0.2, 0.25) is 5.91 Å². The van der Waals surface area contributed by atoms with Crippen LogP contribution in [0.5, 0.6) is 5.75 Å². The number of unbranched alkanes of at least 4 members (excludes halogenated alkanes) is 2. The molecular weight excluding hydrogens is 280 g/mol. The van der Waals surface area contributed by atoms with Gasteiger partial charge in [0.05, 0.1) is 18.5 Å². The molecule has 1 aromatic rings. The maximum atomic E-state index is 11.7. The fourth-order valence-corrected chi connectivity index (χ4v) is 1.58. The van der Waals surface area contributed by atoms with E-state index in [2.05, 4.69) is 12.2 Å². The first-order chi connectivity index (χ1) is 9.17. The lowest BCUT2D eigenvalue weighted by Gasteiger charge is -2.10. The van der Waals surface area contributed by atoms with Crippen LogP contribution in [0.25, 0.3) is 0 Å². The molecule has 0 saturated heterocycles. The Labute approximate surface area is 126 Å². The molecule has 5 nitrogen and oxygen atoms in total. The SMILES string of the molecule is CCCCCOCC(=O)Nc1cc(OC)ccc1N.Cl. The number of rotatable bonds is 8. The number of nitrogen functional groups attached to an aromatic ring is 1. The summed E-state index contributed by atoms with van der Waals surface area (Å²) in [7, 11) is 1.56. The van der Waals surface area contributed by atoms with E-state index in [1.54, 1.807) is 25.3 Å². The molecule has 0 radical (unpaired) electrons. The van der Waals surface area contributed by atoms with E-state index in [1.807, 2.05) is 0 Å². The van der Waals surface area contributed by atoms with Gasteiger partial charge in [0.1, 0.15) is 12.4 Å². The van der Waals surface area contributed by atoms with Gasteiger partial charge in [-0.1, -0.05) is 19.8 Å². The monoisotopic (exact) mass is 302 g/mol. The van der Waals surface area contributed by atoms with E-state index >= 15 is 0 Å². The third kappa shape index (κ3) is 6.63. The lowest BCUT2D eigenvalue weighted by molar-refractivity contribution is -0.120. The number of anilines is 2. The van der Waals surface area contributed by atoms with Crippen LogP contribution in [-0.2, 0) is 9.53 Å². The summed E-state index contributed by atoms with van der Waals surface area (Å²) in [5.41, 5.74) is 6.82. The van der Waals surface area contributed by atoms with Crippen LogP contribution in [0.2, 0.25) is 0 Å². The van der Waals surface area contributed by atoms with Gasteiger partial charge < -0.3 is 20.5 Å². The number of nitrogens with one attached hydrogen (secondary N) is 1. The molecule has 0 fully saturated rings. The smallest absolute Gasteiger partial charge is 0.250 e. The normalized spacial score (nSPS) is 9.70. The average Bonchev–Trinajstić information content (AvgIpc) is 2.41. The van der Waals surface area contributed by atoms with Gasteiger partial charge in [-0.25, -0.2) is 0 Å². The minimum Gasteiger partial charge on any atom is -0.497 e. The summed E-state index contributed by atoms with van der Waals surface area (Å²) >= 11 is 0. The second kappa shape index (κ2) is 10.3. The Kier molecular flexibility index (Phi) is 9.59. The van der Waals surface area contributed by atoms with Crippen LogP contribution in [0.3, 0.4) is 0 Å². The van der Waals surface area contributed by atoms with Gasteiger partial charge in [-0.15, -0.1) is 12.4 Å². The van der Waals surface area contributed by atoms with E-state index in [9.17, 15) is 4.79 Å². The lowest BCUT2D eigenvalue weighted by Crippen LogP contribution is -2.19.